The van der Waals surface area contributed by atoms with Crippen molar-refractivity contribution in [2.24, 2.45) is 10.9 Å². The number of aliphatic imine (C=N–C) groups is 1. The van der Waals surface area contributed by atoms with Crippen LogP contribution in [0, 0.1) is 17.2 Å². The topological polar surface area (TPSA) is 67.1 Å². The first-order valence-electron chi connectivity index (χ1n) is 8.73. The quantitative estimate of drug-likeness (QED) is 0.535. The molecule has 0 bridgehead atoms. The average molecular weight is 345 g/mol. The van der Waals surface area contributed by atoms with Crippen molar-refractivity contribution in [3.05, 3.63) is 17.7 Å². The van der Waals surface area contributed by atoms with E-state index in [0.717, 1.165) is 39.3 Å². The molecule has 1 saturated heterocycles. The van der Waals surface area contributed by atoms with Gasteiger partial charge in [0.15, 0.2) is 11.5 Å². The summed E-state index contributed by atoms with van der Waals surface area (Å²) in [5, 5.41) is 9.37. The van der Waals surface area contributed by atoms with E-state index in [1.165, 1.54) is 0 Å². The average Bonchev–Trinajstić information content (AvgIpc) is 2.64. The Morgan fingerprint density at radius 2 is 2.08 bits per heavy atom. The van der Waals surface area contributed by atoms with Gasteiger partial charge in [0.1, 0.15) is 6.07 Å². The third-order valence-electron chi connectivity index (χ3n) is 3.89. The molecule has 0 radical (unpaired) electrons. The lowest BCUT2D eigenvalue weighted by atomic mass is 10.1. The second kappa shape index (κ2) is 10.0. The van der Waals surface area contributed by atoms with Crippen molar-refractivity contribution in [3.8, 4) is 17.6 Å². The van der Waals surface area contributed by atoms with Gasteiger partial charge in [-0.1, -0.05) is 13.8 Å². The number of nitriles is 1. The van der Waals surface area contributed by atoms with Crippen molar-refractivity contribution < 1.29 is 14.2 Å². The summed E-state index contributed by atoms with van der Waals surface area (Å²) in [6.45, 7) is 9.20. The minimum absolute atomic E-state index is 0.314. The van der Waals surface area contributed by atoms with Crippen molar-refractivity contribution in [1.82, 2.24) is 4.90 Å². The third-order valence-corrected chi connectivity index (χ3v) is 3.89. The number of hydrogen-bond acceptors (Lipinski definition) is 6. The molecule has 1 aromatic carbocycles. The van der Waals surface area contributed by atoms with E-state index in [4.69, 9.17) is 14.2 Å². The van der Waals surface area contributed by atoms with Crippen LogP contribution in [0.1, 0.15) is 25.8 Å². The Morgan fingerprint density at radius 1 is 1.32 bits per heavy atom. The van der Waals surface area contributed by atoms with E-state index in [1.54, 1.807) is 19.2 Å². The normalized spacial score (nSPS) is 15.5. The molecule has 136 valence electrons. The van der Waals surface area contributed by atoms with Crippen LogP contribution in [0.2, 0.25) is 0 Å². The summed E-state index contributed by atoms with van der Waals surface area (Å²) < 4.78 is 16.6. The molecule has 0 unspecified atom stereocenters. The van der Waals surface area contributed by atoms with Crippen LogP contribution in [-0.2, 0) is 4.74 Å². The summed E-state index contributed by atoms with van der Waals surface area (Å²) >= 11 is 0. The summed E-state index contributed by atoms with van der Waals surface area (Å²) in [5.74, 6) is 1.50. The highest BCUT2D eigenvalue weighted by atomic mass is 16.5. The van der Waals surface area contributed by atoms with Crippen LogP contribution in [-0.4, -0.2) is 57.7 Å². The molecule has 1 aromatic rings. The number of methoxy groups -OCH3 is 1. The first-order valence-corrected chi connectivity index (χ1v) is 8.73. The molecular formula is C19H27N3O3. The number of hydrogen-bond donors (Lipinski definition) is 0. The third kappa shape index (κ3) is 6.04. The first kappa shape index (κ1) is 19.2. The summed E-state index contributed by atoms with van der Waals surface area (Å²) in [6, 6.07) is 5.65. The fourth-order valence-electron chi connectivity index (χ4n) is 2.54. The van der Waals surface area contributed by atoms with Gasteiger partial charge in [0.2, 0.25) is 0 Å². The Bertz CT molecular complexity index is 617. The maximum Gasteiger partial charge on any atom is 0.162 e. The van der Waals surface area contributed by atoms with Crippen molar-refractivity contribution in [2.75, 3.05) is 46.6 Å². The van der Waals surface area contributed by atoms with Gasteiger partial charge < -0.3 is 14.2 Å². The maximum atomic E-state index is 9.37. The van der Waals surface area contributed by atoms with E-state index in [-0.39, 0.29) is 0 Å². The first-order chi connectivity index (χ1) is 12.1. The largest absolute Gasteiger partial charge is 0.493 e. The van der Waals surface area contributed by atoms with Crippen molar-refractivity contribution in [3.63, 3.8) is 0 Å². The summed E-state index contributed by atoms with van der Waals surface area (Å²) in [4.78, 5) is 6.75. The van der Waals surface area contributed by atoms with Crippen LogP contribution in [0.15, 0.2) is 17.1 Å². The molecule has 0 atom stereocenters. The van der Waals surface area contributed by atoms with Gasteiger partial charge in [-0.2, -0.15) is 5.26 Å². The molecule has 1 aliphatic heterocycles. The van der Waals surface area contributed by atoms with Crippen LogP contribution in [0.3, 0.4) is 0 Å². The minimum atomic E-state index is 0.314. The van der Waals surface area contributed by atoms with Gasteiger partial charge in [-0.3, -0.25) is 9.89 Å². The molecule has 0 spiro atoms. The molecule has 0 aromatic heterocycles. The highest BCUT2D eigenvalue weighted by Gasteiger charge is 2.13. The monoisotopic (exact) mass is 345 g/mol. The van der Waals surface area contributed by atoms with Gasteiger partial charge in [-0.15, -0.1) is 0 Å². The van der Waals surface area contributed by atoms with Crippen LogP contribution >= 0.6 is 0 Å². The van der Waals surface area contributed by atoms with Crippen LogP contribution in [0.5, 0.6) is 11.5 Å². The van der Waals surface area contributed by atoms with Crippen molar-refractivity contribution in [2.45, 2.75) is 20.3 Å². The van der Waals surface area contributed by atoms with Crippen molar-refractivity contribution >= 4 is 11.9 Å². The molecule has 1 aliphatic rings. The Hall–Kier alpha value is -2.10. The molecule has 25 heavy (non-hydrogen) atoms. The lowest BCUT2D eigenvalue weighted by Gasteiger charge is -2.26. The van der Waals surface area contributed by atoms with Gasteiger partial charge in [-0.25, -0.2) is 0 Å². The van der Waals surface area contributed by atoms with E-state index in [0.29, 0.717) is 35.3 Å². The number of ether oxygens (including phenoxy) is 3. The standard InChI is InChI=1S/C19H27N3O3/c1-15(2)14-21-17-12-18(23-3)19(11-16(17)13-20)25-8-4-5-22-6-9-24-10-7-22/h11-12,14-15H,4-10H2,1-3H3. The molecule has 6 nitrogen and oxygen atoms in total. The number of morpholine rings is 1. The maximum absolute atomic E-state index is 9.37. The van der Waals surface area contributed by atoms with Gasteiger partial charge in [0, 0.05) is 38.0 Å². The SMILES string of the molecule is COc1cc(N=CC(C)C)c(C#N)cc1OCCCN1CCOCC1. The second-order valence-electron chi connectivity index (χ2n) is 6.31. The van der Waals surface area contributed by atoms with Gasteiger partial charge in [-0.05, 0) is 12.3 Å². The predicted octanol–water partition coefficient (Wildman–Crippen LogP) is 3.03. The van der Waals surface area contributed by atoms with Crippen LogP contribution in [0.25, 0.3) is 0 Å². The van der Waals surface area contributed by atoms with E-state index in [9.17, 15) is 5.26 Å². The van der Waals surface area contributed by atoms with E-state index < -0.39 is 0 Å². The lowest BCUT2D eigenvalue weighted by molar-refractivity contribution is 0.0357. The summed E-state index contributed by atoms with van der Waals surface area (Å²) in [6.07, 6.45) is 2.73. The molecule has 0 aliphatic carbocycles. The van der Waals surface area contributed by atoms with Crippen LogP contribution in [0.4, 0.5) is 5.69 Å². The number of benzene rings is 1. The second-order valence-corrected chi connectivity index (χ2v) is 6.31. The Kier molecular flexibility index (Phi) is 7.71. The fourth-order valence-corrected chi connectivity index (χ4v) is 2.54. The molecular weight excluding hydrogens is 318 g/mol. The van der Waals surface area contributed by atoms with E-state index in [1.807, 2.05) is 20.1 Å². The Labute approximate surface area is 150 Å². The van der Waals surface area contributed by atoms with Gasteiger partial charge >= 0.3 is 0 Å². The van der Waals surface area contributed by atoms with Gasteiger partial charge in [0.05, 0.1) is 38.2 Å². The highest BCUT2D eigenvalue weighted by molar-refractivity contribution is 5.70. The molecule has 0 amide bonds. The molecule has 0 saturated carbocycles. The lowest BCUT2D eigenvalue weighted by Crippen LogP contribution is -2.37. The zero-order valence-corrected chi connectivity index (χ0v) is 15.3. The van der Waals surface area contributed by atoms with Crippen molar-refractivity contribution in [1.29, 1.82) is 5.26 Å². The fraction of sp³-hybridized carbons (Fsp3) is 0.579. The Balaban J connectivity index is 1.98. The Morgan fingerprint density at radius 3 is 2.72 bits per heavy atom. The zero-order chi connectivity index (χ0) is 18.1. The molecule has 2 rings (SSSR count). The molecule has 1 fully saturated rings. The zero-order valence-electron chi connectivity index (χ0n) is 15.3. The predicted molar refractivity (Wildman–Crippen MR) is 98.1 cm³/mol. The number of rotatable bonds is 8. The minimum Gasteiger partial charge on any atom is -0.493 e. The molecule has 6 heteroatoms. The smallest absolute Gasteiger partial charge is 0.162 e. The molecule has 1 heterocycles. The molecule has 0 N–H and O–H groups in total. The van der Waals surface area contributed by atoms with Gasteiger partial charge in [0.25, 0.3) is 0 Å². The number of nitrogens with zero attached hydrogens (tertiary/aromatic N) is 3. The summed E-state index contributed by atoms with van der Waals surface area (Å²) in [5.41, 5.74) is 1.09. The van der Waals surface area contributed by atoms with E-state index in [2.05, 4.69) is 16.0 Å². The van der Waals surface area contributed by atoms with E-state index >= 15 is 0 Å². The summed E-state index contributed by atoms with van der Waals surface area (Å²) in [7, 11) is 1.60. The van der Waals surface area contributed by atoms with Crippen LogP contribution < -0.4 is 9.47 Å². The highest BCUT2D eigenvalue weighted by Crippen LogP contribution is 2.34.